The van der Waals surface area contributed by atoms with Crippen LogP contribution in [0, 0.1) is 0 Å². The summed E-state index contributed by atoms with van der Waals surface area (Å²) in [6.45, 7) is 0. The number of furan rings is 1. The topological polar surface area (TPSA) is 73.0 Å². The van der Waals surface area contributed by atoms with Crippen LogP contribution in [0.15, 0.2) is 82.8 Å². The quantitative estimate of drug-likeness (QED) is 0.454. The van der Waals surface area contributed by atoms with Gasteiger partial charge in [0.2, 0.25) is 11.9 Å². The predicted molar refractivity (Wildman–Crippen MR) is 113 cm³/mol. The minimum atomic E-state index is -0.172. The minimum absolute atomic E-state index is 0.162. The van der Waals surface area contributed by atoms with Gasteiger partial charge in [-0.3, -0.25) is 14.7 Å². The van der Waals surface area contributed by atoms with Crippen molar-refractivity contribution in [3.05, 3.63) is 84.1 Å². The first-order chi connectivity index (χ1) is 14.3. The molecule has 0 spiro atoms. The van der Waals surface area contributed by atoms with E-state index in [1.165, 1.54) is 11.3 Å². The van der Waals surface area contributed by atoms with Gasteiger partial charge < -0.3 is 4.42 Å². The number of carbonyl (C=O) groups excluding carboxylic acids is 1. The lowest BCUT2D eigenvalue weighted by Crippen LogP contribution is -2.17. The van der Waals surface area contributed by atoms with Crippen molar-refractivity contribution >= 4 is 34.2 Å². The number of rotatable bonds is 5. The summed E-state index contributed by atoms with van der Waals surface area (Å²) in [5.41, 5.74) is 3.38. The summed E-state index contributed by atoms with van der Waals surface area (Å²) in [6.07, 6.45) is 1.77. The largest absolute Gasteiger partial charge is 0.462 e. The van der Waals surface area contributed by atoms with Gasteiger partial charge in [0.15, 0.2) is 10.8 Å². The van der Waals surface area contributed by atoms with Crippen molar-refractivity contribution in [2.45, 2.75) is 6.42 Å². The fourth-order valence-corrected chi connectivity index (χ4v) is 3.97. The van der Waals surface area contributed by atoms with Crippen molar-refractivity contribution < 1.29 is 9.21 Å². The van der Waals surface area contributed by atoms with Gasteiger partial charge in [0.05, 0.1) is 29.4 Å². The molecule has 29 heavy (non-hydrogen) atoms. The lowest BCUT2D eigenvalue weighted by Gasteiger charge is -2.09. The molecular weight excluding hydrogens is 384 g/mol. The van der Waals surface area contributed by atoms with Gasteiger partial charge in [-0.05, 0) is 36.4 Å². The molecule has 3 aromatic heterocycles. The Labute approximate surface area is 170 Å². The minimum Gasteiger partial charge on any atom is -0.462 e. The van der Waals surface area contributed by atoms with Gasteiger partial charge >= 0.3 is 0 Å². The third-order valence-corrected chi connectivity index (χ3v) is 5.36. The third-order valence-electron chi connectivity index (χ3n) is 4.45. The van der Waals surface area contributed by atoms with E-state index in [1.54, 1.807) is 6.26 Å². The highest BCUT2D eigenvalue weighted by molar-refractivity contribution is 7.13. The van der Waals surface area contributed by atoms with Crippen molar-refractivity contribution in [1.82, 2.24) is 14.5 Å². The zero-order valence-electron chi connectivity index (χ0n) is 15.3. The molecule has 6 nitrogen and oxygen atoms in total. The second-order valence-electron chi connectivity index (χ2n) is 6.44. The Bertz CT molecular complexity index is 1270. The van der Waals surface area contributed by atoms with Crippen LogP contribution in [0.5, 0.6) is 0 Å². The van der Waals surface area contributed by atoms with E-state index in [4.69, 9.17) is 4.42 Å². The SMILES string of the molecule is O=C(Cc1csc(-c2ccco2)n1)Nc1nc2ccccc2n1-c1ccccc1. The number of thiazole rings is 1. The molecule has 0 unspecified atom stereocenters. The van der Waals surface area contributed by atoms with E-state index in [9.17, 15) is 4.79 Å². The molecule has 7 heteroatoms. The van der Waals surface area contributed by atoms with Crippen LogP contribution >= 0.6 is 11.3 Å². The maximum Gasteiger partial charge on any atom is 0.232 e. The second-order valence-corrected chi connectivity index (χ2v) is 7.30. The van der Waals surface area contributed by atoms with E-state index in [0.29, 0.717) is 17.4 Å². The summed E-state index contributed by atoms with van der Waals surface area (Å²) >= 11 is 1.45. The molecule has 0 aliphatic heterocycles. The highest BCUT2D eigenvalue weighted by atomic mass is 32.1. The fourth-order valence-electron chi connectivity index (χ4n) is 3.18. The predicted octanol–water partition coefficient (Wildman–Crippen LogP) is 4.92. The van der Waals surface area contributed by atoms with E-state index < -0.39 is 0 Å². The molecule has 5 aromatic rings. The van der Waals surface area contributed by atoms with E-state index >= 15 is 0 Å². The maximum absolute atomic E-state index is 12.7. The first-order valence-corrected chi connectivity index (χ1v) is 9.97. The number of para-hydroxylation sites is 3. The number of benzene rings is 2. The average Bonchev–Trinajstić information content (AvgIpc) is 3.48. The number of carbonyl (C=O) groups is 1. The molecule has 0 bridgehead atoms. The number of anilines is 1. The molecule has 0 aliphatic carbocycles. The van der Waals surface area contributed by atoms with E-state index in [1.807, 2.05) is 76.7 Å². The highest BCUT2D eigenvalue weighted by Gasteiger charge is 2.16. The Balaban J connectivity index is 1.42. The second kappa shape index (κ2) is 7.37. The number of hydrogen-bond donors (Lipinski definition) is 1. The first kappa shape index (κ1) is 17.4. The Morgan fingerprint density at radius 1 is 1.00 bits per heavy atom. The molecule has 0 aliphatic rings. The maximum atomic E-state index is 12.7. The molecule has 0 radical (unpaired) electrons. The number of aromatic nitrogens is 3. The molecule has 1 N–H and O–H groups in total. The molecule has 0 fully saturated rings. The molecule has 5 rings (SSSR count). The molecule has 0 atom stereocenters. The van der Waals surface area contributed by atoms with Gasteiger partial charge in [0.25, 0.3) is 0 Å². The van der Waals surface area contributed by atoms with Gasteiger partial charge in [0, 0.05) is 11.1 Å². The lowest BCUT2D eigenvalue weighted by atomic mass is 10.3. The van der Waals surface area contributed by atoms with Crippen LogP contribution in [0.2, 0.25) is 0 Å². The number of imidazole rings is 1. The van der Waals surface area contributed by atoms with E-state index in [2.05, 4.69) is 15.3 Å². The van der Waals surface area contributed by atoms with Crippen molar-refractivity contribution in [3.8, 4) is 16.5 Å². The summed E-state index contributed by atoms with van der Waals surface area (Å²) in [5.74, 6) is 1.02. The highest BCUT2D eigenvalue weighted by Crippen LogP contribution is 2.26. The molecule has 0 saturated carbocycles. The molecule has 1 amide bonds. The molecule has 142 valence electrons. The number of nitrogens with zero attached hydrogens (tertiary/aromatic N) is 3. The van der Waals surface area contributed by atoms with Crippen molar-refractivity contribution in [2.75, 3.05) is 5.32 Å². The van der Waals surface area contributed by atoms with Crippen molar-refractivity contribution in [2.24, 2.45) is 0 Å². The normalized spacial score (nSPS) is 11.0. The van der Waals surface area contributed by atoms with Crippen LogP contribution in [-0.4, -0.2) is 20.4 Å². The molecule has 0 saturated heterocycles. The monoisotopic (exact) mass is 400 g/mol. The Kier molecular flexibility index (Phi) is 4.42. The summed E-state index contributed by atoms with van der Waals surface area (Å²) < 4.78 is 7.31. The summed E-state index contributed by atoms with van der Waals surface area (Å²) in [5, 5.41) is 5.58. The van der Waals surface area contributed by atoms with E-state index in [0.717, 1.165) is 21.7 Å². The van der Waals surface area contributed by atoms with Gasteiger partial charge in [-0.2, -0.15) is 0 Å². The number of amides is 1. The van der Waals surface area contributed by atoms with Crippen molar-refractivity contribution in [3.63, 3.8) is 0 Å². The fraction of sp³-hybridized carbons (Fsp3) is 0.0455. The zero-order valence-corrected chi connectivity index (χ0v) is 16.1. The average molecular weight is 400 g/mol. The Hall–Kier alpha value is -3.71. The number of hydrogen-bond acceptors (Lipinski definition) is 5. The van der Waals surface area contributed by atoms with Gasteiger partial charge in [-0.25, -0.2) is 9.97 Å². The lowest BCUT2D eigenvalue weighted by molar-refractivity contribution is -0.115. The van der Waals surface area contributed by atoms with Crippen LogP contribution in [0.3, 0.4) is 0 Å². The summed E-state index contributed by atoms with van der Waals surface area (Å²) in [4.78, 5) is 21.8. The summed E-state index contributed by atoms with van der Waals surface area (Å²) in [6, 6.07) is 21.3. The van der Waals surface area contributed by atoms with Crippen LogP contribution in [0.4, 0.5) is 5.95 Å². The smallest absolute Gasteiger partial charge is 0.232 e. The van der Waals surface area contributed by atoms with E-state index in [-0.39, 0.29) is 12.3 Å². The first-order valence-electron chi connectivity index (χ1n) is 9.09. The Morgan fingerprint density at radius 3 is 2.66 bits per heavy atom. The standard InChI is InChI=1S/C22H16N4O2S/c27-20(13-15-14-29-21(23-15)19-11-6-12-28-19)25-22-24-17-9-4-5-10-18(17)26(22)16-7-2-1-3-8-16/h1-12,14H,13H2,(H,24,25,27). The van der Waals surface area contributed by atoms with Crippen LogP contribution in [0.25, 0.3) is 27.5 Å². The van der Waals surface area contributed by atoms with Gasteiger partial charge in [0.1, 0.15) is 0 Å². The molecule has 3 heterocycles. The van der Waals surface area contributed by atoms with Crippen LogP contribution in [0.1, 0.15) is 5.69 Å². The van der Waals surface area contributed by atoms with Crippen LogP contribution in [-0.2, 0) is 11.2 Å². The molecule has 2 aromatic carbocycles. The summed E-state index contributed by atoms with van der Waals surface area (Å²) in [7, 11) is 0. The van der Waals surface area contributed by atoms with Gasteiger partial charge in [-0.1, -0.05) is 30.3 Å². The molecular formula is C22H16N4O2S. The Morgan fingerprint density at radius 2 is 1.83 bits per heavy atom. The van der Waals surface area contributed by atoms with Crippen LogP contribution < -0.4 is 5.32 Å². The third kappa shape index (κ3) is 3.43. The number of fused-ring (bicyclic) bond motifs is 1. The van der Waals surface area contributed by atoms with Gasteiger partial charge in [-0.15, -0.1) is 11.3 Å². The zero-order chi connectivity index (χ0) is 19.6. The number of nitrogens with one attached hydrogen (secondary N) is 1. The van der Waals surface area contributed by atoms with Crippen molar-refractivity contribution in [1.29, 1.82) is 0 Å².